The van der Waals surface area contributed by atoms with Crippen molar-refractivity contribution in [2.75, 3.05) is 6.79 Å². The molecule has 1 unspecified atom stereocenters. The van der Waals surface area contributed by atoms with E-state index < -0.39 is 6.10 Å². The number of halogens is 2. The zero-order chi connectivity index (χ0) is 15.0. The molecule has 0 aromatic heterocycles. The van der Waals surface area contributed by atoms with E-state index in [1.165, 1.54) is 0 Å². The second-order valence-corrected chi connectivity index (χ2v) is 5.87. The normalized spacial score (nSPS) is 14.3. The van der Waals surface area contributed by atoms with Crippen LogP contribution < -0.4 is 9.47 Å². The summed E-state index contributed by atoms with van der Waals surface area (Å²) < 4.78 is 10.6. The second-order valence-electron chi connectivity index (χ2n) is 5.05. The highest BCUT2D eigenvalue weighted by molar-refractivity contribution is 6.32. The number of hydrogen-bond acceptors (Lipinski definition) is 3. The Morgan fingerprint density at radius 3 is 2.71 bits per heavy atom. The summed E-state index contributed by atoms with van der Waals surface area (Å²) in [5.74, 6) is 1.09. The van der Waals surface area contributed by atoms with Gasteiger partial charge in [0.1, 0.15) is 0 Å². The summed E-state index contributed by atoms with van der Waals surface area (Å²) in [7, 11) is 0. The van der Waals surface area contributed by atoms with Gasteiger partial charge in [0.25, 0.3) is 0 Å². The van der Waals surface area contributed by atoms with Crippen LogP contribution in [-0.4, -0.2) is 11.9 Å². The Labute approximate surface area is 133 Å². The average molecular weight is 325 g/mol. The molecule has 21 heavy (non-hydrogen) atoms. The molecule has 0 fully saturated rings. The van der Waals surface area contributed by atoms with Crippen LogP contribution in [0.25, 0.3) is 0 Å². The molecule has 1 atom stereocenters. The van der Waals surface area contributed by atoms with Crippen LogP contribution in [0.1, 0.15) is 22.8 Å². The van der Waals surface area contributed by atoms with Gasteiger partial charge in [-0.2, -0.15) is 0 Å². The van der Waals surface area contributed by atoms with Crippen LogP contribution in [-0.2, 0) is 6.42 Å². The molecule has 0 radical (unpaired) electrons. The van der Waals surface area contributed by atoms with Gasteiger partial charge in [-0.15, -0.1) is 0 Å². The smallest absolute Gasteiger partial charge is 0.231 e. The minimum Gasteiger partial charge on any atom is -0.454 e. The SMILES string of the molecule is Cc1ccc(CC(O)c2cc(Cl)c3c(c2)OCO3)c(Cl)c1. The predicted molar refractivity (Wildman–Crippen MR) is 82.4 cm³/mol. The fourth-order valence-corrected chi connectivity index (χ4v) is 2.91. The monoisotopic (exact) mass is 324 g/mol. The molecule has 110 valence electrons. The number of benzene rings is 2. The third-order valence-corrected chi connectivity index (χ3v) is 4.09. The van der Waals surface area contributed by atoms with Gasteiger partial charge in [-0.3, -0.25) is 0 Å². The molecule has 0 saturated heterocycles. The maximum atomic E-state index is 10.4. The molecule has 0 aliphatic carbocycles. The number of aliphatic hydroxyl groups excluding tert-OH is 1. The van der Waals surface area contributed by atoms with Gasteiger partial charge >= 0.3 is 0 Å². The first kappa shape index (κ1) is 14.5. The first-order chi connectivity index (χ1) is 10.0. The summed E-state index contributed by atoms with van der Waals surface area (Å²) in [6, 6.07) is 9.23. The fraction of sp³-hybridized carbons (Fsp3) is 0.250. The van der Waals surface area contributed by atoms with E-state index in [-0.39, 0.29) is 6.79 Å². The van der Waals surface area contributed by atoms with Gasteiger partial charge in [0, 0.05) is 11.4 Å². The Hall–Kier alpha value is -1.42. The predicted octanol–water partition coefficient (Wildman–Crippen LogP) is 4.31. The summed E-state index contributed by atoms with van der Waals surface area (Å²) in [6.45, 7) is 2.13. The van der Waals surface area contributed by atoms with Gasteiger partial charge in [0.2, 0.25) is 6.79 Å². The molecular weight excluding hydrogens is 311 g/mol. The van der Waals surface area contributed by atoms with Crippen molar-refractivity contribution in [3.8, 4) is 11.5 Å². The van der Waals surface area contributed by atoms with Crippen molar-refractivity contribution < 1.29 is 14.6 Å². The van der Waals surface area contributed by atoms with E-state index in [2.05, 4.69) is 0 Å². The topological polar surface area (TPSA) is 38.7 Å². The highest BCUT2D eigenvalue weighted by Gasteiger charge is 2.21. The maximum Gasteiger partial charge on any atom is 0.231 e. The van der Waals surface area contributed by atoms with E-state index in [1.54, 1.807) is 12.1 Å². The van der Waals surface area contributed by atoms with Gasteiger partial charge in [-0.25, -0.2) is 0 Å². The van der Waals surface area contributed by atoms with Crippen LogP contribution >= 0.6 is 23.2 Å². The summed E-state index contributed by atoms with van der Waals surface area (Å²) >= 11 is 12.3. The third kappa shape index (κ3) is 2.95. The number of aryl methyl sites for hydroxylation is 1. The minimum absolute atomic E-state index is 0.151. The van der Waals surface area contributed by atoms with Crippen molar-refractivity contribution in [2.24, 2.45) is 0 Å². The molecule has 0 bridgehead atoms. The van der Waals surface area contributed by atoms with E-state index in [1.807, 2.05) is 25.1 Å². The Morgan fingerprint density at radius 2 is 1.95 bits per heavy atom. The molecule has 1 heterocycles. The van der Waals surface area contributed by atoms with Gasteiger partial charge < -0.3 is 14.6 Å². The Kier molecular flexibility index (Phi) is 3.98. The van der Waals surface area contributed by atoms with E-state index in [9.17, 15) is 5.11 Å². The molecule has 0 amide bonds. The molecule has 2 aromatic rings. The van der Waals surface area contributed by atoms with Crippen LogP contribution in [0.2, 0.25) is 10.0 Å². The van der Waals surface area contributed by atoms with Crippen molar-refractivity contribution in [1.29, 1.82) is 0 Å². The van der Waals surface area contributed by atoms with Crippen molar-refractivity contribution >= 4 is 23.2 Å². The number of hydrogen-bond donors (Lipinski definition) is 1. The Bertz CT molecular complexity index is 685. The lowest BCUT2D eigenvalue weighted by Crippen LogP contribution is -2.02. The van der Waals surface area contributed by atoms with Crippen LogP contribution in [0, 0.1) is 6.92 Å². The third-order valence-electron chi connectivity index (χ3n) is 3.46. The first-order valence-corrected chi connectivity index (χ1v) is 7.32. The van der Waals surface area contributed by atoms with E-state index >= 15 is 0 Å². The lowest BCUT2D eigenvalue weighted by Gasteiger charge is -2.14. The summed E-state index contributed by atoms with van der Waals surface area (Å²) in [5.41, 5.74) is 2.66. The highest BCUT2D eigenvalue weighted by atomic mass is 35.5. The lowest BCUT2D eigenvalue weighted by atomic mass is 10.00. The zero-order valence-electron chi connectivity index (χ0n) is 11.4. The van der Waals surface area contributed by atoms with Crippen LogP contribution in [0.4, 0.5) is 0 Å². The Morgan fingerprint density at radius 1 is 1.14 bits per heavy atom. The molecule has 5 heteroatoms. The standard InChI is InChI=1S/C16H14Cl2O3/c1-9-2-3-10(12(17)4-9)6-14(19)11-5-13(18)16-15(7-11)20-8-21-16/h2-5,7,14,19H,6,8H2,1H3. The van der Waals surface area contributed by atoms with Crippen molar-refractivity contribution in [1.82, 2.24) is 0 Å². The minimum atomic E-state index is -0.711. The molecule has 0 saturated carbocycles. The van der Waals surface area contributed by atoms with Crippen molar-refractivity contribution in [3.63, 3.8) is 0 Å². The molecule has 3 nitrogen and oxygen atoms in total. The first-order valence-electron chi connectivity index (χ1n) is 6.56. The molecule has 1 aliphatic heterocycles. The fourth-order valence-electron chi connectivity index (χ4n) is 2.32. The highest BCUT2D eigenvalue weighted by Crippen LogP contribution is 2.41. The van der Waals surface area contributed by atoms with Crippen molar-refractivity contribution in [2.45, 2.75) is 19.4 Å². The zero-order valence-corrected chi connectivity index (χ0v) is 12.9. The van der Waals surface area contributed by atoms with E-state index in [4.69, 9.17) is 32.7 Å². The number of aliphatic hydroxyl groups is 1. The maximum absolute atomic E-state index is 10.4. The van der Waals surface area contributed by atoms with Gasteiger partial charge in [-0.1, -0.05) is 35.3 Å². The van der Waals surface area contributed by atoms with Gasteiger partial charge in [0.05, 0.1) is 11.1 Å². The van der Waals surface area contributed by atoms with Gasteiger partial charge in [0.15, 0.2) is 11.5 Å². The quantitative estimate of drug-likeness (QED) is 0.914. The molecular formula is C16H14Cl2O3. The van der Waals surface area contributed by atoms with Crippen LogP contribution in [0.15, 0.2) is 30.3 Å². The number of ether oxygens (including phenoxy) is 2. The second kappa shape index (κ2) is 5.76. The molecule has 1 N–H and O–H groups in total. The number of rotatable bonds is 3. The molecule has 2 aromatic carbocycles. The van der Waals surface area contributed by atoms with E-state index in [0.29, 0.717) is 33.5 Å². The van der Waals surface area contributed by atoms with Gasteiger partial charge in [-0.05, 0) is 41.8 Å². The molecule has 0 spiro atoms. The average Bonchev–Trinajstić information content (AvgIpc) is 2.90. The van der Waals surface area contributed by atoms with Crippen molar-refractivity contribution in [3.05, 3.63) is 57.1 Å². The molecule has 3 rings (SSSR count). The Balaban J connectivity index is 1.85. The summed E-state index contributed by atoms with van der Waals surface area (Å²) in [6.07, 6.45) is -0.299. The lowest BCUT2D eigenvalue weighted by molar-refractivity contribution is 0.171. The summed E-state index contributed by atoms with van der Waals surface area (Å²) in [4.78, 5) is 0. The molecule has 1 aliphatic rings. The number of fused-ring (bicyclic) bond motifs is 1. The van der Waals surface area contributed by atoms with Crippen LogP contribution in [0.3, 0.4) is 0 Å². The van der Waals surface area contributed by atoms with Crippen LogP contribution in [0.5, 0.6) is 11.5 Å². The summed E-state index contributed by atoms with van der Waals surface area (Å²) in [5, 5.41) is 11.5. The van der Waals surface area contributed by atoms with E-state index in [0.717, 1.165) is 11.1 Å². The largest absolute Gasteiger partial charge is 0.454 e.